The van der Waals surface area contributed by atoms with Crippen LogP contribution in [0.5, 0.6) is 0 Å². The highest BCUT2D eigenvalue weighted by Crippen LogP contribution is 2.30. The molecule has 0 saturated carbocycles. The van der Waals surface area contributed by atoms with E-state index in [1.54, 1.807) is 6.07 Å². The van der Waals surface area contributed by atoms with Crippen molar-refractivity contribution in [2.75, 3.05) is 45.2 Å². The second-order valence-electron chi connectivity index (χ2n) is 10.00. The van der Waals surface area contributed by atoms with Gasteiger partial charge >= 0.3 is 0 Å². The molecule has 2 aromatic heterocycles. The van der Waals surface area contributed by atoms with Gasteiger partial charge in [0.05, 0.1) is 16.6 Å². The number of H-pyrrole nitrogens is 2. The third kappa shape index (κ3) is 3.95. The highest BCUT2D eigenvalue weighted by Gasteiger charge is 2.29. The highest BCUT2D eigenvalue weighted by atomic mass is 19.1. The van der Waals surface area contributed by atoms with Crippen molar-refractivity contribution in [2.45, 2.75) is 37.8 Å². The Kier molecular flexibility index (Phi) is 5.50. The van der Waals surface area contributed by atoms with E-state index in [9.17, 15) is 4.39 Å². The zero-order valence-electron chi connectivity index (χ0n) is 19.9. The summed E-state index contributed by atoms with van der Waals surface area (Å²) in [6, 6.07) is 12.5. The number of hydrogen-bond donors (Lipinski definition) is 2. The summed E-state index contributed by atoms with van der Waals surface area (Å²) in [6.45, 7) is 4.59. The summed E-state index contributed by atoms with van der Waals surface area (Å²) < 4.78 is 13.8. The molecular weight excluding hydrogens is 429 g/mol. The molecule has 0 radical (unpaired) electrons. The fourth-order valence-corrected chi connectivity index (χ4v) is 5.73. The number of aromatic nitrogens is 4. The van der Waals surface area contributed by atoms with Crippen molar-refractivity contribution < 1.29 is 4.39 Å². The van der Waals surface area contributed by atoms with Crippen LogP contribution in [-0.4, -0.2) is 82.3 Å². The van der Waals surface area contributed by atoms with E-state index in [4.69, 9.17) is 4.98 Å². The van der Waals surface area contributed by atoms with Crippen LogP contribution in [-0.2, 0) is 0 Å². The molecule has 2 aliphatic heterocycles. The average Bonchev–Trinajstić information content (AvgIpc) is 3.47. The molecule has 0 bridgehead atoms. The van der Waals surface area contributed by atoms with Crippen molar-refractivity contribution in [3.05, 3.63) is 42.2 Å². The number of hydrogen-bond acceptors (Lipinski definition) is 5. The van der Waals surface area contributed by atoms with Crippen LogP contribution in [0.1, 0.15) is 25.7 Å². The predicted molar refractivity (Wildman–Crippen MR) is 135 cm³/mol. The van der Waals surface area contributed by atoms with Gasteiger partial charge in [-0.15, -0.1) is 0 Å². The van der Waals surface area contributed by atoms with Gasteiger partial charge in [0.15, 0.2) is 5.82 Å². The molecule has 2 N–H and O–H groups in total. The van der Waals surface area contributed by atoms with Crippen LogP contribution in [0.25, 0.3) is 33.5 Å². The Morgan fingerprint density at radius 2 is 1.71 bits per heavy atom. The fraction of sp³-hybridized carbons (Fsp3) is 0.462. The van der Waals surface area contributed by atoms with Gasteiger partial charge in [0.1, 0.15) is 11.5 Å². The molecule has 0 aliphatic carbocycles. The van der Waals surface area contributed by atoms with Gasteiger partial charge in [-0.2, -0.15) is 5.10 Å². The van der Waals surface area contributed by atoms with Gasteiger partial charge in [0, 0.05) is 36.2 Å². The summed E-state index contributed by atoms with van der Waals surface area (Å²) in [4.78, 5) is 15.7. The Bertz CT molecular complexity index is 1290. The van der Waals surface area contributed by atoms with Gasteiger partial charge in [0.2, 0.25) is 0 Å². The van der Waals surface area contributed by atoms with Gasteiger partial charge in [-0.25, -0.2) is 9.37 Å². The Labute approximate surface area is 198 Å². The number of nitrogens with one attached hydrogen (secondary N) is 2. The Hall–Kier alpha value is -2.97. The molecule has 0 amide bonds. The Morgan fingerprint density at radius 1 is 0.941 bits per heavy atom. The molecule has 178 valence electrons. The molecule has 2 aromatic carbocycles. The first-order valence-corrected chi connectivity index (χ1v) is 12.3. The number of anilines is 1. The lowest BCUT2D eigenvalue weighted by atomic mass is 9.97. The van der Waals surface area contributed by atoms with Crippen molar-refractivity contribution in [1.82, 2.24) is 30.0 Å². The van der Waals surface area contributed by atoms with Crippen molar-refractivity contribution >= 4 is 27.6 Å². The van der Waals surface area contributed by atoms with Crippen LogP contribution in [0.2, 0.25) is 0 Å². The molecule has 2 aliphatic rings. The molecule has 34 heavy (non-hydrogen) atoms. The van der Waals surface area contributed by atoms with E-state index in [2.05, 4.69) is 62.2 Å². The first-order valence-electron chi connectivity index (χ1n) is 12.3. The normalized spacial score (nSPS) is 19.1. The van der Waals surface area contributed by atoms with Gasteiger partial charge < -0.3 is 19.7 Å². The summed E-state index contributed by atoms with van der Waals surface area (Å²) in [5.41, 5.74) is 4.53. The van der Waals surface area contributed by atoms with E-state index in [1.165, 1.54) is 56.6 Å². The summed E-state index contributed by atoms with van der Waals surface area (Å²) in [5, 5.41) is 8.08. The van der Waals surface area contributed by atoms with Gasteiger partial charge in [0.25, 0.3) is 0 Å². The minimum atomic E-state index is -0.279. The molecule has 6 rings (SSSR count). The average molecular weight is 462 g/mol. The van der Waals surface area contributed by atoms with Crippen LogP contribution in [0.4, 0.5) is 10.1 Å². The predicted octanol–water partition coefficient (Wildman–Crippen LogP) is 4.24. The highest BCUT2D eigenvalue weighted by molar-refractivity contribution is 5.93. The zero-order chi connectivity index (χ0) is 23.2. The van der Waals surface area contributed by atoms with Crippen molar-refractivity contribution in [1.29, 1.82) is 0 Å². The number of imidazole rings is 1. The third-order valence-electron chi connectivity index (χ3n) is 7.79. The maximum atomic E-state index is 13.8. The number of rotatable bonds is 4. The van der Waals surface area contributed by atoms with E-state index in [-0.39, 0.29) is 5.82 Å². The van der Waals surface area contributed by atoms with E-state index in [1.807, 2.05) is 0 Å². The maximum absolute atomic E-state index is 13.8. The SMILES string of the molecule is CN(C)C1CCN(C2CCN(c3ccc4[nH]c(-c5n[nH]c6ccc(F)cc56)nc4c3)CC2)CC1. The van der Waals surface area contributed by atoms with Crippen LogP contribution in [0, 0.1) is 5.82 Å². The summed E-state index contributed by atoms with van der Waals surface area (Å²) in [5.74, 6) is 0.378. The second-order valence-corrected chi connectivity index (χ2v) is 10.00. The van der Waals surface area contributed by atoms with E-state index in [0.29, 0.717) is 17.6 Å². The molecule has 4 heterocycles. The van der Waals surface area contributed by atoms with E-state index < -0.39 is 0 Å². The number of halogens is 1. The molecule has 8 heteroatoms. The number of aromatic amines is 2. The van der Waals surface area contributed by atoms with E-state index in [0.717, 1.165) is 41.1 Å². The molecule has 0 unspecified atom stereocenters. The first kappa shape index (κ1) is 21.6. The lowest BCUT2D eigenvalue weighted by molar-refractivity contribution is 0.0961. The minimum absolute atomic E-state index is 0.279. The largest absolute Gasteiger partial charge is 0.371 e. The van der Waals surface area contributed by atoms with Crippen LogP contribution >= 0.6 is 0 Å². The smallest absolute Gasteiger partial charge is 0.159 e. The number of nitrogens with zero attached hydrogens (tertiary/aromatic N) is 5. The number of benzene rings is 2. The summed E-state index contributed by atoms with van der Waals surface area (Å²) in [6.07, 6.45) is 4.98. The number of fused-ring (bicyclic) bond motifs is 2. The number of piperidine rings is 2. The summed E-state index contributed by atoms with van der Waals surface area (Å²) in [7, 11) is 4.41. The van der Waals surface area contributed by atoms with Gasteiger partial charge in [-0.05, 0) is 89.3 Å². The molecular formula is C26H32FN7. The second kappa shape index (κ2) is 8.67. The summed E-state index contributed by atoms with van der Waals surface area (Å²) >= 11 is 0. The van der Waals surface area contributed by atoms with Crippen molar-refractivity contribution in [2.24, 2.45) is 0 Å². The van der Waals surface area contributed by atoms with Crippen molar-refractivity contribution in [3.8, 4) is 11.5 Å². The van der Waals surface area contributed by atoms with Crippen LogP contribution in [0.3, 0.4) is 0 Å². The fourth-order valence-electron chi connectivity index (χ4n) is 5.73. The lowest BCUT2D eigenvalue weighted by Crippen LogP contribution is -2.50. The Morgan fingerprint density at radius 3 is 2.47 bits per heavy atom. The molecule has 2 fully saturated rings. The molecule has 2 saturated heterocycles. The third-order valence-corrected chi connectivity index (χ3v) is 7.79. The Balaban J connectivity index is 1.15. The minimum Gasteiger partial charge on any atom is -0.371 e. The van der Waals surface area contributed by atoms with Gasteiger partial charge in [-0.1, -0.05) is 0 Å². The monoisotopic (exact) mass is 461 g/mol. The zero-order valence-corrected chi connectivity index (χ0v) is 19.9. The van der Waals surface area contributed by atoms with Gasteiger partial charge in [-0.3, -0.25) is 5.10 Å². The standard InChI is InChI=1S/C26H32FN7/c1-32(2)18-7-11-33(12-8-18)19-9-13-34(14-10-19)20-4-6-23-24(16-20)29-26(28-23)25-21-15-17(27)3-5-22(21)30-31-25/h3-6,15-16,18-19H,7-14H2,1-2H3,(H,28,29)(H,30,31). The van der Waals surface area contributed by atoms with E-state index >= 15 is 0 Å². The first-order chi connectivity index (χ1) is 16.5. The number of likely N-dealkylation sites (tertiary alicyclic amines) is 1. The molecule has 0 spiro atoms. The lowest BCUT2D eigenvalue weighted by Gasteiger charge is -2.43. The van der Waals surface area contributed by atoms with Crippen LogP contribution < -0.4 is 4.90 Å². The molecule has 7 nitrogen and oxygen atoms in total. The topological polar surface area (TPSA) is 67.1 Å². The quantitative estimate of drug-likeness (QED) is 0.476. The molecule has 0 atom stereocenters. The van der Waals surface area contributed by atoms with Crippen molar-refractivity contribution in [3.63, 3.8) is 0 Å². The maximum Gasteiger partial charge on any atom is 0.159 e. The van der Waals surface area contributed by atoms with Crippen LogP contribution in [0.15, 0.2) is 36.4 Å². The molecule has 4 aromatic rings.